The van der Waals surface area contributed by atoms with Crippen molar-refractivity contribution in [3.63, 3.8) is 0 Å². The summed E-state index contributed by atoms with van der Waals surface area (Å²) in [6.07, 6.45) is 2.82. The van der Waals surface area contributed by atoms with E-state index in [2.05, 4.69) is 21.9 Å². The van der Waals surface area contributed by atoms with E-state index in [4.69, 9.17) is 0 Å². The van der Waals surface area contributed by atoms with Gasteiger partial charge in [-0.05, 0) is 18.3 Å². The minimum absolute atomic E-state index is 0.194. The van der Waals surface area contributed by atoms with E-state index in [0.29, 0.717) is 29.2 Å². The van der Waals surface area contributed by atoms with Gasteiger partial charge < -0.3 is 5.32 Å². The van der Waals surface area contributed by atoms with Crippen LogP contribution in [-0.2, 0) is 10.0 Å². The first-order valence-electron chi connectivity index (χ1n) is 6.16. The average molecular weight is 300 g/mol. The van der Waals surface area contributed by atoms with Gasteiger partial charge in [0.15, 0.2) is 15.8 Å². The Kier molecular flexibility index (Phi) is 3.03. The Morgan fingerprint density at radius 3 is 2.95 bits per heavy atom. The molecule has 1 aliphatic rings. The molecule has 0 spiro atoms. The van der Waals surface area contributed by atoms with E-state index in [1.807, 2.05) is 5.38 Å². The summed E-state index contributed by atoms with van der Waals surface area (Å²) >= 11 is 1.41. The number of hydrogen-bond acceptors (Lipinski definition) is 5. The molecule has 1 saturated carbocycles. The molecule has 2 unspecified atom stereocenters. The van der Waals surface area contributed by atoms with Gasteiger partial charge in [-0.25, -0.2) is 18.1 Å². The second kappa shape index (κ2) is 4.46. The minimum atomic E-state index is -3.54. The van der Waals surface area contributed by atoms with Gasteiger partial charge in [0.05, 0.1) is 0 Å². The highest BCUT2D eigenvalue weighted by molar-refractivity contribution is 7.89. The highest BCUT2D eigenvalue weighted by Gasteiger charge is 2.34. The lowest BCUT2D eigenvalue weighted by Gasteiger charge is -2.07. The molecule has 1 fully saturated rings. The zero-order valence-electron chi connectivity index (χ0n) is 10.8. The second-order valence-corrected chi connectivity index (χ2v) is 7.45. The number of fused-ring (bicyclic) bond motifs is 1. The molecule has 0 aliphatic heterocycles. The molecule has 3 rings (SSSR count). The number of aromatic nitrogens is 2. The quantitative estimate of drug-likeness (QED) is 0.874. The van der Waals surface area contributed by atoms with Gasteiger partial charge in [0.25, 0.3) is 10.0 Å². The molecule has 104 valence electrons. The number of nitrogens with zero attached hydrogens (tertiary/aromatic N) is 2. The number of nitrogens with one attached hydrogen (secondary N) is 2. The highest BCUT2D eigenvalue weighted by atomic mass is 32.2. The molecule has 2 atom stereocenters. The summed E-state index contributed by atoms with van der Waals surface area (Å²) in [5.74, 6) is 1.49. The van der Waals surface area contributed by atoms with Gasteiger partial charge in [-0.1, -0.05) is 6.92 Å². The van der Waals surface area contributed by atoms with Crippen LogP contribution in [-0.4, -0.2) is 31.4 Å². The zero-order chi connectivity index (χ0) is 13.6. The molecule has 19 heavy (non-hydrogen) atoms. The molecule has 2 N–H and O–H groups in total. The van der Waals surface area contributed by atoms with Gasteiger partial charge >= 0.3 is 0 Å². The number of sulfonamides is 1. The maximum absolute atomic E-state index is 12.4. The van der Waals surface area contributed by atoms with Gasteiger partial charge in [-0.2, -0.15) is 0 Å². The minimum Gasteiger partial charge on any atom is -0.371 e. The maximum atomic E-state index is 12.4. The van der Waals surface area contributed by atoms with Gasteiger partial charge in [-0.3, -0.25) is 4.40 Å². The van der Waals surface area contributed by atoms with Crippen molar-refractivity contribution in [3.8, 4) is 0 Å². The van der Waals surface area contributed by atoms with Crippen molar-refractivity contribution in [3.05, 3.63) is 11.6 Å². The number of imidazole rings is 1. The third-order valence-electron chi connectivity index (χ3n) is 3.52. The molecule has 2 aromatic rings. The van der Waals surface area contributed by atoms with Crippen LogP contribution in [0.15, 0.2) is 16.6 Å². The fourth-order valence-corrected chi connectivity index (χ4v) is 4.30. The first-order chi connectivity index (χ1) is 9.03. The topological polar surface area (TPSA) is 75.5 Å². The van der Waals surface area contributed by atoms with E-state index in [1.54, 1.807) is 17.6 Å². The SMILES string of the molecule is CNc1nc2sccn2c1S(=O)(=O)NCC1CC1C. The van der Waals surface area contributed by atoms with Gasteiger partial charge in [0, 0.05) is 25.2 Å². The van der Waals surface area contributed by atoms with Crippen LogP contribution in [0.2, 0.25) is 0 Å². The smallest absolute Gasteiger partial charge is 0.260 e. The Morgan fingerprint density at radius 1 is 1.58 bits per heavy atom. The molecule has 1 aliphatic carbocycles. The molecular weight excluding hydrogens is 284 g/mol. The van der Waals surface area contributed by atoms with Crippen molar-refractivity contribution in [2.45, 2.75) is 18.4 Å². The van der Waals surface area contributed by atoms with Crippen LogP contribution < -0.4 is 10.0 Å². The summed E-state index contributed by atoms with van der Waals surface area (Å²) in [5, 5.41) is 4.86. The highest BCUT2D eigenvalue weighted by Crippen LogP contribution is 2.37. The summed E-state index contributed by atoms with van der Waals surface area (Å²) in [4.78, 5) is 4.94. The molecule has 0 amide bonds. The molecule has 0 radical (unpaired) electrons. The lowest BCUT2D eigenvalue weighted by atomic mass is 10.3. The molecule has 2 heterocycles. The van der Waals surface area contributed by atoms with Gasteiger partial charge in [0.1, 0.15) is 0 Å². The monoisotopic (exact) mass is 300 g/mol. The maximum Gasteiger partial charge on any atom is 0.260 e. The summed E-state index contributed by atoms with van der Waals surface area (Å²) in [6, 6.07) is 0. The number of anilines is 1. The van der Waals surface area contributed by atoms with Crippen LogP contribution in [0.5, 0.6) is 0 Å². The van der Waals surface area contributed by atoms with E-state index in [-0.39, 0.29) is 5.03 Å². The van der Waals surface area contributed by atoms with Crippen LogP contribution in [0.4, 0.5) is 5.82 Å². The molecule has 0 saturated heterocycles. The third-order valence-corrected chi connectivity index (χ3v) is 5.72. The Hall–Kier alpha value is -1.12. The Balaban J connectivity index is 1.94. The fourth-order valence-electron chi connectivity index (χ4n) is 2.15. The Morgan fingerprint density at radius 2 is 2.32 bits per heavy atom. The van der Waals surface area contributed by atoms with Crippen molar-refractivity contribution in [1.82, 2.24) is 14.1 Å². The van der Waals surface area contributed by atoms with Crippen molar-refractivity contribution in [1.29, 1.82) is 0 Å². The van der Waals surface area contributed by atoms with E-state index in [1.165, 1.54) is 11.3 Å². The van der Waals surface area contributed by atoms with Crippen molar-refractivity contribution < 1.29 is 8.42 Å². The predicted octanol–water partition coefficient (Wildman–Crippen LogP) is 1.37. The molecule has 2 aromatic heterocycles. The molecular formula is C11H16N4O2S2. The van der Waals surface area contributed by atoms with Gasteiger partial charge in [0.2, 0.25) is 0 Å². The van der Waals surface area contributed by atoms with Crippen molar-refractivity contribution in [2.75, 3.05) is 18.9 Å². The predicted molar refractivity (Wildman–Crippen MR) is 75.1 cm³/mol. The third kappa shape index (κ3) is 2.24. The summed E-state index contributed by atoms with van der Waals surface area (Å²) in [7, 11) is -1.87. The zero-order valence-corrected chi connectivity index (χ0v) is 12.4. The second-order valence-electron chi connectivity index (χ2n) is 4.90. The van der Waals surface area contributed by atoms with Crippen molar-refractivity contribution in [2.24, 2.45) is 11.8 Å². The first kappa shape index (κ1) is 12.9. The molecule has 0 bridgehead atoms. The summed E-state index contributed by atoms with van der Waals surface area (Å²) in [5.41, 5.74) is 0. The Labute approximate surface area is 115 Å². The normalized spacial score (nSPS) is 22.8. The summed E-state index contributed by atoms with van der Waals surface area (Å²) < 4.78 is 29.1. The average Bonchev–Trinajstić information content (AvgIpc) is 2.76. The van der Waals surface area contributed by atoms with Crippen molar-refractivity contribution >= 4 is 32.1 Å². The molecule has 6 nitrogen and oxygen atoms in total. The van der Waals surface area contributed by atoms with Crippen LogP contribution in [0, 0.1) is 11.8 Å². The summed E-state index contributed by atoms with van der Waals surface area (Å²) in [6.45, 7) is 2.64. The number of rotatable bonds is 5. The van der Waals surface area contributed by atoms with Crippen LogP contribution in [0.1, 0.15) is 13.3 Å². The Bertz CT molecular complexity index is 703. The standard InChI is InChI=1S/C11H16N4O2S2/c1-7-5-8(7)6-13-19(16,17)10-9(12-2)14-11-15(10)3-4-18-11/h3-4,7-8,12-13H,5-6H2,1-2H3. The lowest BCUT2D eigenvalue weighted by Crippen LogP contribution is -2.27. The number of hydrogen-bond donors (Lipinski definition) is 2. The number of thiazole rings is 1. The largest absolute Gasteiger partial charge is 0.371 e. The van der Waals surface area contributed by atoms with E-state index in [9.17, 15) is 8.42 Å². The lowest BCUT2D eigenvalue weighted by molar-refractivity contribution is 0.570. The molecule has 8 heteroatoms. The molecule has 0 aromatic carbocycles. The van der Waals surface area contributed by atoms with Crippen LogP contribution in [0.25, 0.3) is 4.96 Å². The van der Waals surface area contributed by atoms with E-state index < -0.39 is 10.0 Å². The van der Waals surface area contributed by atoms with E-state index in [0.717, 1.165) is 6.42 Å². The van der Waals surface area contributed by atoms with E-state index >= 15 is 0 Å². The first-order valence-corrected chi connectivity index (χ1v) is 8.52. The van der Waals surface area contributed by atoms with Crippen LogP contribution in [0.3, 0.4) is 0 Å². The van der Waals surface area contributed by atoms with Crippen LogP contribution >= 0.6 is 11.3 Å². The van der Waals surface area contributed by atoms with Gasteiger partial charge in [-0.15, -0.1) is 11.3 Å². The fraction of sp³-hybridized carbons (Fsp3) is 0.545.